The Morgan fingerprint density at radius 3 is 2.60 bits per heavy atom. The third-order valence-corrected chi connectivity index (χ3v) is 4.45. The summed E-state index contributed by atoms with van der Waals surface area (Å²) in [4.78, 5) is 0. The molecule has 3 atom stereocenters. The van der Waals surface area contributed by atoms with Crippen molar-refractivity contribution in [1.82, 2.24) is 20.6 Å². The third kappa shape index (κ3) is 2.53. The number of H-pyrrole nitrogens is 1. The van der Waals surface area contributed by atoms with Crippen LogP contribution in [0.3, 0.4) is 0 Å². The highest BCUT2D eigenvalue weighted by molar-refractivity contribution is 5.29. The van der Waals surface area contributed by atoms with E-state index in [1.54, 1.807) is 7.11 Å². The number of benzene rings is 1. The summed E-state index contributed by atoms with van der Waals surface area (Å²) in [7, 11) is 1.70. The summed E-state index contributed by atoms with van der Waals surface area (Å²) < 4.78 is 5.22. The lowest BCUT2D eigenvalue weighted by Gasteiger charge is -2.32. The summed E-state index contributed by atoms with van der Waals surface area (Å²) in [6.07, 6.45) is 3.47. The van der Waals surface area contributed by atoms with Gasteiger partial charge in [0.25, 0.3) is 0 Å². The van der Waals surface area contributed by atoms with Gasteiger partial charge in [0.2, 0.25) is 0 Å². The van der Waals surface area contributed by atoms with Crippen LogP contribution < -0.4 is 4.74 Å². The Balaban J connectivity index is 1.69. The summed E-state index contributed by atoms with van der Waals surface area (Å²) in [6.45, 7) is 2.29. The molecule has 1 aliphatic carbocycles. The molecule has 1 aliphatic rings. The van der Waals surface area contributed by atoms with E-state index in [0.29, 0.717) is 17.8 Å². The van der Waals surface area contributed by atoms with Crippen LogP contribution in [0.2, 0.25) is 0 Å². The van der Waals surface area contributed by atoms with Crippen LogP contribution in [0, 0.1) is 5.92 Å². The number of ether oxygens (including phenoxy) is 1. The molecule has 5 nitrogen and oxygen atoms in total. The number of nitrogens with zero attached hydrogens (tertiary/aromatic N) is 3. The van der Waals surface area contributed by atoms with Gasteiger partial charge in [-0.2, -0.15) is 5.21 Å². The molecule has 1 N–H and O–H groups in total. The summed E-state index contributed by atoms with van der Waals surface area (Å²) in [5.41, 5.74) is 1.41. The fourth-order valence-corrected chi connectivity index (χ4v) is 3.29. The van der Waals surface area contributed by atoms with E-state index in [1.165, 1.54) is 18.4 Å². The zero-order valence-corrected chi connectivity index (χ0v) is 11.9. The molecule has 1 aromatic heterocycles. The smallest absolute Gasteiger partial charge is 0.177 e. The van der Waals surface area contributed by atoms with Crippen molar-refractivity contribution in [2.45, 2.75) is 38.0 Å². The molecule has 0 unspecified atom stereocenters. The van der Waals surface area contributed by atoms with Crippen molar-refractivity contribution in [3.63, 3.8) is 0 Å². The van der Waals surface area contributed by atoms with Crippen LogP contribution in [0.1, 0.15) is 49.4 Å². The molecule has 0 radical (unpaired) electrons. The largest absolute Gasteiger partial charge is 0.497 e. The van der Waals surface area contributed by atoms with Crippen LogP contribution >= 0.6 is 0 Å². The maximum Gasteiger partial charge on any atom is 0.177 e. The molecule has 1 saturated carbocycles. The van der Waals surface area contributed by atoms with Crippen molar-refractivity contribution < 1.29 is 4.74 Å². The minimum Gasteiger partial charge on any atom is -0.497 e. The van der Waals surface area contributed by atoms with Gasteiger partial charge in [0, 0.05) is 5.92 Å². The number of nitrogens with one attached hydrogen (secondary N) is 1. The van der Waals surface area contributed by atoms with E-state index in [2.05, 4.69) is 39.7 Å². The van der Waals surface area contributed by atoms with Gasteiger partial charge in [0.05, 0.1) is 7.11 Å². The van der Waals surface area contributed by atoms with Crippen LogP contribution in [0.4, 0.5) is 0 Å². The first kappa shape index (κ1) is 13.1. The zero-order chi connectivity index (χ0) is 13.9. The number of hydrogen-bond donors (Lipinski definition) is 1. The van der Waals surface area contributed by atoms with Crippen LogP contribution in [0.15, 0.2) is 24.3 Å². The second-order valence-electron chi connectivity index (χ2n) is 5.64. The second kappa shape index (κ2) is 5.61. The Bertz CT molecular complexity index is 538. The summed E-state index contributed by atoms with van der Waals surface area (Å²) in [6, 6.07) is 8.46. The highest BCUT2D eigenvalue weighted by atomic mass is 16.5. The molecular weight excluding hydrogens is 252 g/mol. The van der Waals surface area contributed by atoms with E-state index in [4.69, 9.17) is 4.74 Å². The summed E-state index contributed by atoms with van der Waals surface area (Å²) >= 11 is 0. The molecule has 1 aromatic carbocycles. The van der Waals surface area contributed by atoms with Gasteiger partial charge in [0.15, 0.2) is 5.82 Å². The van der Waals surface area contributed by atoms with Crippen molar-refractivity contribution in [3.05, 3.63) is 35.7 Å². The minimum atomic E-state index is 0.434. The fourth-order valence-electron chi connectivity index (χ4n) is 3.29. The molecule has 5 heteroatoms. The van der Waals surface area contributed by atoms with Crippen molar-refractivity contribution in [2.24, 2.45) is 5.92 Å². The first-order chi connectivity index (χ1) is 9.78. The quantitative estimate of drug-likeness (QED) is 0.933. The van der Waals surface area contributed by atoms with E-state index in [1.807, 2.05) is 12.1 Å². The Labute approximate surface area is 118 Å². The molecule has 1 fully saturated rings. The topological polar surface area (TPSA) is 63.7 Å². The fraction of sp³-hybridized carbons (Fsp3) is 0.533. The Morgan fingerprint density at radius 2 is 2.00 bits per heavy atom. The van der Waals surface area contributed by atoms with Crippen LogP contribution in [-0.2, 0) is 0 Å². The number of rotatable bonds is 3. The number of tetrazole rings is 1. The second-order valence-corrected chi connectivity index (χ2v) is 5.64. The van der Waals surface area contributed by atoms with E-state index in [0.717, 1.165) is 18.0 Å². The maximum atomic E-state index is 5.22. The number of methoxy groups -OCH3 is 1. The molecule has 0 saturated heterocycles. The predicted molar refractivity (Wildman–Crippen MR) is 75.7 cm³/mol. The van der Waals surface area contributed by atoms with Gasteiger partial charge in [-0.05, 0) is 48.8 Å². The van der Waals surface area contributed by atoms with Crippen molar-refractivity contribution in [2.75, 3.05) is 7.11 Å². The molecule has 0 amide bonds. The van der Waals surface area contributed by atoms with Gasteiger partial charge >= 0.3 is 0 Å². The zero-order valence-electron chi connectivity index (χ0n) is 11.9. The highest BCUT2D eigenvalue weighted by Crippen LogP contribution is 2.43. The van der Waals surface area contributed by atoms with Crippen molar-refractivity contribution in [1.29, 1.82) is 0 Å². The average molecular weight is 272 g/mol. The minimum absolute atomic E-state index is 0.434. The summed E-state index contributed by atoms with van der Waals surface area (Å²) in [5, 5.41) is 14.5. The Hall–Kier alpha value is -1.91. The maximum absolute atomic E-state index is 5.22. The average Bonchev–Trinajstić information content (AvgIpc) is 3.01. The number of hydrogen-bond acceptors (Lipinski definition) is 4. The first-order valence-electron chi connectivity index (χ1n) is 7.15. The molecule has 0 bridgehead atoms. The molecule has 0 spiro atoms. The SMILES string of the molecule is COc1ccc([C@@H]2CC[C@@H](c3nn[nH]n3)[C@H](C)C2)cc1. The lowest BCUT2D eigenvalue weighted by molar-refractivity contribution is 0.288. The summed E-state index contributed by atoms with van der Waals surface area (Å²) in [5.74, 6) is 3.42. The molecule has 2 aromatic rings. The standard InChI is InChI=1S/C15H20N4O/c1-10-9-12(11-3-6-13(20-2)7-4-11)5-8-14(10)15-16-18-19-17-15/h3-4,6-7,10,12,14H,5,8-9H2,1-2H3,(H,16,17,18,19)/t10-,12-,14-/m1/s1. The van der Waals surface area contributed by atoms with E-state index < -0.39 is 0 Å². The molecule has 1 heterocycles. The van der Waals surface area contributed by atoms with Crippen LogP contribution in [0.25, 0.3) is 0 Å². The normalized spacial score (nSPS) is 26.4. The van der Waals surface area contributed by atoms with Gasteiger partial charge in [-0.3, -0.25) is 0 Å². The molecular formula is C15H20N4O. The van der Waals surface area contributed by atoms with Gasteiger partial charge in [-0.25, -0.2) is 0 Å². The van der Waals surface area contributed by atoms with Crippen molar-refractivity contribution in [3.8, 4) is 5.75 Å². The van der Waals surface area contributed by atoms with Gasteiger partial charge in [0.1, 0.15) is 5.75 Å². The molecule has 3 rings (SSSR count). The van der Waals surface area contributed by atoms with Crippen LogP contribution in [-0.4, -0.2) is 27.7 Å². The molecule has 106 valence electrons. The van der Waals surface area contributed by atoms with Crippen LogP contribution in [0.5, 0.6) is 5.75 Å². The van der Waals surface area contributed by atoms with Gasteiger partial charge in [-0.15, -0.1) is 10.2 Å². The lowest BCUT2D eigenvalue weighted by atomic mass is 9.72. The van der Waals surface area contributed by atoms with E-state index in [9.17, 15) is 0 Å². The number of aromatic amines is 1. The van der Waals surface area contributed by atoms with E-state index >= 15 is 0 Å². The van der Waals surface area contributed by atoms with Gasteiger partial charge in [-0.1, -0.05) is 24.3 Å². The highest BCUT2D eigenvalue weighted by Gasteiger charge is 2.31. The predicted octanol–water partition coefficient (Wildman–Crippen LogP) is 2.90. The van der Waals surface area contributed by atoms with E-state index in [-0.39, 0.29) is 0 Å². The monoisotopic (exact) mass is 272 g/mol. The number of aromatic nitrogens is 4. The molecule has 0 aliphatic heterocycles. The van der Waals surface area contributed by atoms with Gasteiger partial charge < -0.3 is 4.74 Å². The molecule has 20 heavy (non-hydrogen) atoms. The lowest BCUT2D eigenvalue weighted by Crippen LogP contribution is -2.21. The Morgan fingerprint density at radius 1 is 1.20 bits per heavy atom. The Kier molecular flexibility index (Phi) is 3.67. The first-order valence-corrected chi connectivity index (χ1v) is 7.15. The third-order valence-electron chi connectivity index (χ3n) is 4.45. The van der Waals surface area contributed by atoms with Crippen molar-refractivity contribution >= 4 is 0 Å².